The quantitative estimate of drug-likeness (QED) is 0.776. The molecule has 3 nitrogen and oxygen atoms in total. The van der Waals surface area contributed by atoms with Crippen molar-refractivity contribution in [1.29, 1.82) is 0 Å². The number of benzene rings is 1. The molecule has 0 saturated heterocycles. The normalized spacial score (nSPS) is 17.2. The van der Waals surface area contributed by atoms with Gasteiger partial charge in [0.1, 0.15) is 0 Å². The highest BCUT2D eigenvalue weighted by Crippen LogP contribution is 2.28. The fraction of sp³-hybridized carbons (Fsp3) is 0.611. The smallest absolute Gasteiger partial charge is 0.338 e. The molecule has 116 valence electrons. The van der Waals surface area contributed by atoms with Crippen molar-refractivity contribution in [3.05, 3.63) is 29.8 Å². The van der Waals surface area contributed by atoms with Gasteiger partial charge in [-0.15, -0.1) is 0 Å². The van der Waals surface area contributed by atoms with E-state index in [2.05, 4.69) is 12.2 Å². The summed E-state index contributed by atoms with van der Waals surface area (Å²) in [7, 11) is 0. The summed E-state index contributed by atoms with van der Waals surface area (Å²) in [5.74, 6) is 0.539. The fourth-order valence-corrected chi connectivity index (χ4v) is 3.00. The van der Waals surface area contributed by atoms with Gasteiger partial charge in [0.2, 0.25) is 0 Å². The zero-order valence-corrected chi connectivity index (χ0v) is 13.2. The maximum atomic E-state index is 11.7. The number of esters is 1. The van der Waals surface area contributed by atoms with E-state index in [0.717, 1.165) is 18.0 Å². The Morgan fingerprint density at radius 2 is 1.90 bits per heavy atom. The summed E-state index contributed by atoms with van der Waals surface area (Å²) in [5.41, 5.74) is 1.71. The van der Waals surface area contributed by atoms with Crippen molar-refractivity contribution in [1.82, 2.24) is 0 Å². The van der Waals surface area contributed by atoms with Crippen LogP contribution in [0.15, 0.2) is 24.3 Å². The Balaban J connectivity index is 1.88. The van der Waals surface area contributed by atoms with E-state index in [1.54, 1.807) is 0 Å². The molecular weight excluding hydrogens is 262 g/mol. The molecule has 3 heteroatoms. The number of anilines is 1. The molecule has 1 aromatic rings. The van der Waals surface area contributed by atoms with Gasteiger partial charge < -0.3 is 10.1 Å². The van der Waals surface area contributed by atoms with Crippen molar-refractivity contribution in [2.24, 2.45) is 5.92 Å². The van der Waals surface area contributed by atoms with Gasteiger partial charge in [0.15, 0.2) is 0 Å². The first-order valence-electron chi connectivity index (χ1n) is 8.24. The van der Waals surface area contributed by atoms with E-state index in [9.17, 15) is 4.79 Å². The SMILES string of the molecule is CCCOC(=O)c1ccc(NC(C)C2CCCCC2)cc1. The lowest BCUT2D eigenvalue weighted by molar-refractivity contribution is 0.0505. The molecule has 0 aliphatic heterocycles. The molecule has 0 amide bonds. The summed E-state index contributed by atoms with van der Waals surface area (Å²) in [4.78, 5) is 11.7. The maximum Gasteiger partial charge on any atom is 0.338 e. The first kappa shape index (κ1) is 15.9. The monoisotopic (exact) mass is 289 g/mol. The van der Waals surface area contributed by atoms with Crippen LogP contribution in [0.2, 0.25) is 0 Å². The number of carbonyl (C=O) groups excluding carboxylic acids is 1. The molecule has 0 spiro atoms. The van der Waals surface area contributed by atoms with E-state index in [-0.39, 0.29) is 5.97 Å². The molecule has 1 unspecified atom stereocenters. The number of hydrogen-bond donors (Lipinski definition) is 1. The van der Waals surface area contributed by atoms with Crippen LogP contribution in [0.3, 0.4) is 0 Å². The van der Waals surface area contributed by atoms with Gasteiger partial charge >= 0.3 is 5.97 Å². The van der Waals surface area contributed by atoms with Crippen LogP contribution in [0.5, 0.6) is 0 Å². The fourth-order valence-electron chi connectivity index (χ4n) is 3.00. The van der Waals surface area contributed by atoms with E-state index in [4.69, 9.17) is 4.74 Å². The summed E-state index contributed by atoms with van der Waals surface area (Å²) in [6.07, 6.45) is 7.62. The third-order valence-corrected chi connectivity index (χ3v) is 4.31. The standard InChI is InChI=1S/C18H27NO2/c1-3-13-21-18(20)16-9-11-17(12-10-16)19-14(2)15-7-5-4-6-8-15/h9-12,14-15,19H,3-8,13H2,1-2H3. The summed E-state index contributed by atoms with van der Waals surface area (Å²) >= 11 is 0. The van der Waals surface area contributed by atoms with Gasteiger partial charge in [0, 0.05) is 11.7 Å². The Hall–Kier alpha value is -1.51. The van der Waals surface area contributed by atoms with Crippen LogP contribution in [0.1, 0.15) is 62.7 Å². The molecule has 2 rings (SSSR count). The van der Waals surface area contributed by atoms with Crippen molar-refractivity contribution < 1.29 is 9.53 Å². The van der Waals surface area contributed by atoms with E-state index >= 15 is 0 Å². The Bertz CT molecular complexity index is 435. The summed E-state index contributed by atoms with van der Waals surface area (Å²) < 4.78 is 5.13. The Kier molecular flexibility index (Phi) is 6.09. The highest BCUT2D eigenvalue weighted by Gasteiger charge is 2.19. The first-order chi connectivity index (χ1) is 10.2. The minimum Gasteiger partial charge on any atom is -0.462 e. The van der Waals surface area contributed by atoms with Crippen molar-refractivity contribution in [2.75, 3.05) is 11.9 Å². The molecule has 1 aliphatic carbocycles. The van der Waals surface area contributed by atoms with Gasteiger partial charge in [-0.25, -0.2) is 4.79 Å². The molecule has 1 aliphatic rings. The van der Waals surface area contributed by atoms with Crippen molar-refractivity contribution in [2.45, 2.75) is 58.4 Å². The molecular formula is C18H27NO2. The Morgan fingerprint density at radius 1 is 1.24 bits per heavy atom. The molecule has 21 heavy (non-hydrogen) atoms. The number of hydrogen-bond acceptors (Lipinski definition) is 3. The third-order valence-electron chi connectivity index (χ3n) is 4.31. The minimum absolute atomic E-state index is 0.233. The molecule has 1 saturated carbocycles. The largest absolute Gasteiger partial charge is 0.462 e. The van der Waals surface area contributed by atoms with E-state index in [1.165, 1.54) is 32.1 Å². The molecule has 1 fully saturated rings. The van der Waals surface area contributed by atoms with E-state index in [0.29, 0.717) is 18.2 Å². The maximum absolute atomic E-state index is 11.7. The second-order valence-corrected chi connectivity index (χ2v) is 6.04. The van der Waals surface area contributed by atoms with Gasteiger partial charge in [-0.05, 0) is 56.4 Å². The number of carbonyl (C=O) groups is 1. The predicted molar refractivity (Wildman–Crippen MR) is 86.7 cm³/mol. The topological polar surface area (TPSA) is 38.3 Å². The van der Waals surface area contributed by atoms with Crippen LogP contribution in [-0.2, 0) is 4.74 Å². The summed E-state index contributed by atoms with van der Waals surface area (Å²) in [5, 5.41) is 3.57. The molecule has 0 bridgehead atoms. The number of rotatable bonds is 6. The zero-order chi connectivity index (χ0) is 15.1. The van der Waals surface area contributed by atoms with Gasteiger partial charge in [-0.1, -0.05) is 26.2 Å². The van der Waals surface area contributed by atoms with E-state index in [1.807, 2.05) is 31.2 Å². The lowest BCUT2D eigenvalue weighted by Gasteiger charge is -2.29. The van der Waals surface area contributed by atoms with Gasteiger partial charge in [0.05, 0.1) is 12.2 Å². The average Bonchev–Trinajstić information content (AvgIpc) is 2.54. The lowest BCUT2D eigenvalue weighted by Crippen LogP contribution is -2.27. The van der Waals surface area contributed by atoms with E-state index < -0.39 is 0 Å². The van der Waals surface area contributed by atoms with Gasteiger partial charge in [-0.2, -0.15) is 0 Å². The second kappa shape index (κ2) is 8.06. The number of nitrogens with one attached hydrogen (secondary N) is 1. The highest BCUT2D eigenvalue weighted by molar-refractivity contribution is 5.89. The van der Waals surface area contributed by atoms with Crippen molar-refractivity contribution in [3.8, 4) is 0 Å². The molecule has 1 aromatic carbocycles. The van der Waals surface area contributed by atoms with Crippen LogP contribution < -0.4 is 5.32 Å². The van der Waals surface area contributed by atoms with Crippen molar-refractivity contribution >= 4 is 11.7 Å². The molecule has 1 N–H and O–H groups in total. The minimum atomic E-state index is -0.233. The summed E-state index contributed by atoms with van der Waals surface area (Å²) in [6, 6.07) is 8.12. The predicted octanol–water partition coefficient (Wildman–Crippen LogP) is 4.63. The Morgan fingerprint density at radius 3 is 2.52 bits per heavy atom. The Labute approximate surface area is 128 Å². The summed E-state index contributed by atoms with van der Waals surface area (Å²) in [6.45, 7) is 4.74. The zero-order valence-electron chi connectivity index (χ0n) is 13.2. The average molecular weight is 289 g/mol. The molecule has 0 aromatic heterocycles. The van der Waals surface area contributed by atoms with Crippen LogP contribution in [0, 0.1) is 5.92 Å². The second-order valence-electron chi connectivity index (χ2n) is 6.04. The van der Waals surface area contributed by atoms with Crippen LogP contribution in [0.25, 0.3) is 0 Å². The van der Waals surface area contributed by atoms with Crippen molar-refractivity contribution in [3.63, 3.8) is 0 Å². The molecule has 0 radical (unpaired) electrons. The number of ether oxygens (including phenoxy) is 1. The van der Waals surface area contributed by atoms with Gasteiger partial charge in [-0.3, -0.25) is 0 Å². The van der Waals surface area contributed by atoms with Crippen LogP contribution in [0.4, 0.5) is 5.69 Å². The van der Waals surface area contributed by atoms with Crippen LogP contribution >= 0.6 is 0 Å². The van der Waals surface area contributed by atoms with Gasteiger partial charge in [0.25, 0.3) is 0 Å². The first-order valence-corrected chi connectivity index (χ1v) is 8.24. The van der Waals surface area contributed by atoms with Crippen LogP contribution in [-0.4, -0.2) is 18.6 Å². The lowest BCUT2D eigenvalue weighted by atomic mass is 9.84. The third kappa shape index (κ3) is 4.76. The molecule has 0 heterocycles. The highest BCUT2D eigenvalue weighted by atomic mass is 16.5. The molecule has 1 atom stereocenters.